The molecule has 1 N–H and O–H groups in total. The first-order valence-electron chi connectivity index (χ1n) is 5.81. The van der Waals surface area contributed by atoms with Crippen molar-refractivity contribution in [1.29, 1.82) is 0 Å². The maximum Gasteiger partial charge on any atom is 0.332 e. The summed E-state index contributed by atoms with van der Waals surface area (Å²) in [5.41, 5.74) is 1.92. The van der Waals surface area contributed by atoms with Gasteiger partial charge in [-0.1, -0.05) is 29.4 Å². The lowest BCUT2D eigenvalue weighted by Gasteiger charge is -2.04. The number of carboxylic acids is 1. The van der Waals surface area contributed by atoms with E-state index in [9.17, 15) is 4.79 Å². The molecule has 100 valence electrons. The Morgan fingerprint density at radius 1 is 1.47 bits per heavy atom. The third-order valence-electron chi connectivity index (χ3n) is 2.66. The van der Waals surface area contributed by atoms with Crippen LogP contribution in [0.15, 0.2) is 28.8 Å². The molecule has 0 aliphatic rings. The maximum absolute atomic E-state index is 10.6. The van der Waals surface area contributed by atoms with Crippen LogP contribution < -0.4 is 0 Å². The summed E-state index contributed by atoms with van der Waals surface area (Å²) in [6, 6.07) is 7.66. The van der Waals surface area contributed by atoms with E-state index in [1.54, 1.807) is 0 Å². The minimum Gasteiger partial charge on any atom is -0.479 e. The van der Waals surface area contributed by atoms with Crippen molar-refractivity contribution in [3.8, 4) is 11.4 Å². The van der Waals surface area contributed by atoms with Crippen molar-refractivity contribution in [3.05, 3.63) is 35.7 Å². The first kappa shape index (κ1) is 13.2. The molecule has 0 radical (unpaired) electrons. The van der Waals surface area contributed by atoms with Crippen molar-refractivity contribution in [3.63, 3.8) is 0 Å². The SMILES string of the molecule is Cc1ccccc1-c1noc(CO[C@@H](C)C(=O)O)n1. The van der Waals surface area contributed by atoms with Gasteiger partial charge in [0.1, 0.15) is 6.61 Å². The average molecular weight is 262 g/mol. The second kappa shape index (κ2) is 5.62. The molecule has 1 heterocycles. The van der Waals surface area contributed by atoms with E-state index in [-0.39, 0.29) is 12.5 Å². The van der Waals surface area contributed by atoms with Crippen LogP contribution in [0.25, 0.3) is 11.4 Å². The number of benzene rings is 1. The van der Waals surface area contributed by atoms with E-state index in [2.05, 4.69) is 10.1 Å². The highest BCUT2D eigenvalue weighted by Crippen LogP contribution is 2.19. The fourth-order valence-electron chi connectivity index (χ4n) is 1.51. The molecule has 0 fully saturated rings. The molecule has 2 rings (SSSR count). The summed E-state index contributed by atoms with van der Waals surface area (Å²) in [5, 5.41) is 12.5. The molecular formula is C13H14N2O4. The number of aryl methyl sites for hydroxylation is 1. The van der Waals surface area contributed by atoms with Gasteiger partial charge in [0.2, 0.25) is 5.82 Å². The largest absolute Gasteiger partial charge is 0.479 e. The molecule has 0 saturated carbocycles. The van der Waals surface area contributed by atoms with Crippen LogP contribution in [-0.2, 0) is 16.1 Å². The van der Waals surface area contributed by atoms with Gasteiger partial charge in [0.15, 0.2) is 6.10 Å². The zero-order chi connectivity index (χ0) is 13.8. The minimum absolute atomic E-state index is 0.0215. The van der Waals surface area contributed by atoms with E-state index in [0.717, 1.165) is 11.1 Å². The fraction of sp³-hybridized carbons (Fsp3) is 0.308. The maximum atomic E-state index is 10.6. The summed E-state index contributed by atoms with van der Waals surface area (Å²) in [6.07, 6.45) is -0.909. The number of rotatable bonds is 5. The van der Waals surface area contributed by atoms with Gasteiger partial charge in [-0.3, -0.25) is 0 Å². The van der Waals surface area contributed by atoms with Gasteiger partial charge in [-0.05, 0) is 19.4 Å². The van der Waals surface area contributed by atoms with Crippen molar-refractivity contribution in [2.45, 2.75) is 26.6 Å². The molecule has 1 aromatic heterocycles. The second-order valence-electron chi connectivity index (χ2n) is 4.12. The van der Waals surface area contributed by atoms with Crippen molar-refractivity contribution >= 4 is 5.97 Å². The van der Waals surface area contributed by atoms with Crippen LogP contribution in [0.2, 0.25) is 0 Å². The highest BCUT2D eigenvalue weighted by molar-refractivity contribution is 5.71. The van der Waals surface area contributed by atoms with E-state index in [0.29, 0.717) is 5.82 Å². The Morgan fingerprint density at radius 3 is 2.89 bits per heavy atom. The number of aromatic nitrogens is 2. The van der Waals surface area contributed by atoms with Gasteiger partial charge in [0.25, 0.3) is 5.89 Å². The van der Waals surface area contributed by atoms with Crippen LogP contribution in [0.5, 0.6) is 0 Å². The summed E-state index contributed by atoms with van der Waals surface area (Å²) in [7, 11) is 0. The molecule has 0 bridgehead atoms. The lowest BCUT2D eigenvalue weighted by atomic mass is 10.1. The van der Waals surface area contributed by atoms with Gasteiger partial charge < -0.3 is 14.4 Å². The van der Waals surface area contributed by atoms with E-state index in [1.165, 1.54) is 6.92 Å². The molecule has 6 nitrogen and oxygen atoms in total. The van der Waals surface area contributed by atoms with Crippen molar-refractivity contribution < 1.29 is 19.2 Å². The molecule has 0 aliphatic heterocycles. The van der Waals surface area contributed by atoms with Gasteiger partial charge in [-0.15, -0.1) is 0 Å². The Morgan fingerprint density at radius 2 is 2.21 bits per heavy atom. The summed E-state index contributed by atoms with van der Waals surface area (Å²) >= 11 is 0. The summed E-state index contributed by atoms with van der Waals surface area (Å²) in [4.78, 5) is 14.8. The van der Waals surface area contributed by atoms with Gasteiger partial charge >= 0.3 is 5.97 Å². The molecular weight excluding hydrogens is 248 g/mol. The molecule has 19 heavy (non-hydrogen) atoms. The number of carbonyl (C=O) groups is 1. The smallest absolute Gasteiger partial charge is 0.332 e. The first-order chi connectivity index (χ1) is 9.08. The van der Waals surface area contributed by atoms with Crippen LogP contribution in [0.1, 0.15) is 18.4 Å². The lowest BCUT2D eigenvalue weighted by molar-refractivity contribution is -0.150. The van der Waals surface area contributed by atoms with Crippen molar-refractivity contribution in [1.82, 2.24) is 10.1 Å². The van der Waals surface area contributed by atoms with E-state index in [1.807, 2.05) is 31.2 Å². The monoisotopic (exact) mass is 262 g/mol. The second-order valence-corrected chi connectivity index (χ2v) is 4.12. The Kier molecular flexibility index (Phi) is 3.91. The van der Waals surface area contributed by atoms with Crippen LogP contribution in [-0.4, -0.2) is 27.3 Å². The third-order valence-corrected chi connectivity index (χ3v) is 2.66. The lowest BCUT2D eigenvalue weighted by Crippen LogP contribution is -2.19. The van der Waals surface area contributed by atoms with Gasteiger partial charge in [0.05, 0.1) is 0 Å². The van der Waals surface area contributed by atoms with E-state index >= 15 is 0 Å². The van der Waals surface area contributed by atoms with E-state index < -0.39 is 12.1 Å². The van der Waals surface area contributed by atoms with E-state index in [4.69, 9.17) is 14.4 Å². The molecule has 1 atom stereocenters. The summed E-state index contributed by atoms with van der Waals surface area (Å²) < 4.78 is 10.1. The number of hydrogen-bond donors (Lipinski definition) is 1. The van der Waals surface area contributed by atoms with Crippen LogP contribution in [0, 0.1) is 6.92 Å². The molecule has 0 aliphatic carbocycles. The number of hydrogen-bond acceptors (Lipinski definition) is 5. The molecule has 1 aromatic carbocycles. The standard InChI is InChI=1S/C13H14N2O4/c1-8-5-3-4-6-10(8)12-14-11(19-15-12)7-18-9(2)13(16)17/h3-6,9H,7H2,1-2H3,(H,16,17)/t9-/m0/s1. The number of nitrogens with zero attached hydrogens (tertiary/aromatic N) is 2. The predicted octanol–water partition coefficient (Wildman–Crippen LogP) is 2.03. The summed E-state index contributed by atoms with van der Waals surface area (Å²) in [5.74, 6) is -0.301. The highest BCUT2D eigenvalue weighted by atomic mass is 16.5. The normalized spacial score (nSPS) is 12.3. The van der Waals surface area contributed by atoms with Crippen molar-refractivity contribution in [2.24, 2.45) is 0 Å². The average Bonchev–Trinajstić information content (AvgIpc) is 2.85. The van der Waals surface area contributed by atoms with Crippen molar-refractivity contribution in [2.75, 3.05) is 0 Å². The summed E-state index contributed by atoms with van der Waals surface area (Å²) in [6.45, 7) is 3.38. The van der Waals surface area contributed by atoms with Gasteiger partial charge in [-0.25, -0.2) is 4.79 Å². The Hall–Kier alpha value is -2.21. The number of aliphatic carboxylic acids is 1. The zero-order valence-electron chi connectivity index (χ0n) is 10.7. The van der Waals surface area contributed by atoms with Gasteiger partial charge in [0, 0.05) is 5.56 Å². The predicted molar refractivity (Wildman–Crippen MR) is 66.4 cm³/mol. The molecule has 0 unspecified atom stereocenters. The number of ether oxygens (including phenoxy) is 1. The molecule has 0 spiro atoms. The molecule has 6 heteroatoms. The Balaban J connectivity index is 2.08. The van der Waals surface area contributed by atoms with Crippen LogP contribution in [0.4, 0.5) is 0 Å². The minimum atomic E-state index is -1.03. The molecule has 2 aromatic rings. The molecule has 0 saturated heterocycles. The quantitative estimate of drug-likeness (QED) is 0.887. The number of carboxylic acid groups (broad SMARTS) is 1. The van der Waals surface area contributed by atoms with Crippen LogP contribution >= 0.6 is 0 Å². The van der Waals surface area contributed by atoms with Crippen LogP contribution in [0.3, 0.4) is 0 Å². The third kappa shape index (κ3) is 3.17. The fourth-order valence-corrected chi connectivity index (χ4v) is 1.51. The molecule has 0 amide bonds. The highest BCUT2D eigenvalue weighted by Gasteiger charge is 2.15. The Bertz CT molecular complexity index is 580. The Labute approximate surface area is 110 Å². The van der Waals surface area contributed by atoms with Gasteiger partial charge in [-0.2, -0.15) is 4.98 Å². The zero-order valence-corrected chi connectivity index (χ0v) is 10.7. The first-order valence-corrected chi connectivity index (χ1v) is 5.81. The topological polar surface area (TPSA) is 85.5 Å².